The molecular formula is C17H15FN2OS. The van der Waals surface area contributed by atoms with Crippen molar-refractivity contribution >= 4 is 22.8 Å². The molecule has 1 amide bonds. The van der Waals surface area contributed by atoms with Gasteiger partial charge < -0.3 is 0 Å². The lowest BCUT2D eigenvalue weighted by atomic mass is 10.2. The minimum Gasteiger partial charge on any atom is -0.286 e. The number of aliphatic imine (C=N–C) groups is 1. The van der Waals surface area contributed by atoms with Crippen molar-refractivity contribution < 1.29 is 9.18 Å². The Morgan fingerprint density at radius 1 is 1.14 bits per heavy atom. The summed E-state index contributed by atoms with van der Waals surface area (Å²) in [5, 5.41) is 0.734. The van der Waals surface area contributed by atoms with E-state index in [1.54, 1.807) is 16.7 Å². The molecule has 3 rings (SSSR count). The van der Waals surface area contributed by atoms with Crippen LogP contribution in [-0.2, 0) is 5.75 Å². The van der Waals surface area contributed by atoms with Crippen LogP contribution in [0.3, 0.4) is 0 Å². The maximum absolute atomic E-state index is 13.0. The van der Waals surface area contributed by atoms with Crippen molar-refractivity contribution in [2.75, 3.05) is 13.1 Å². The summed E-state index contributed by atoms with van der Waals surface area (Å²) in [7, 11) is 0. The normalized spacial score (nSPS) is 14.0. The van der Waals surface area contributed by atoms with Crippen LogP contribution >= 0.6 is 11.8 Å². The minimum atomic E-state index is -0.342. The standard InChI is InChI=1S/C17H15FN2OS/c18-15-8-6-14(7-9-15)16(21)20-11-10-19-17(20)22-12-13-4-2-1-3-5-13/h1-9H,10-12H2. The Kier molecular flexibility index (Phi) is 4.53. The van der Waals surface area contributed by atoms with Crippen LogP contribution in [0.4, 0.5) is 4.39 Å². The van der Waals surface area contributed by atoms with Gasteiger partial charge in [0, 0.05) is 17.9 Å². The number of nitrogens with zero attached hydrogens (tertiary/aromatic N) is 2. The van der Waals surface area contributed by atoms with Crippen LogP contribution in [-0.4, -0.2) is 29.1 Å². The third kappa shape index (κ3) is 3.36. The van der Waals surface area contributed by atoms with Gasteiger partial charge in [0.2, 0.25) is 0 Å². The van der Waals surface area contributed by atoms with E-state index in [0.29, 0.717) is 18.7 Å². The molecule has 0 saturated heterocycles. The molecule has 0 spiro atoms. The van der Waals surface area contributed by atoms with Gasteiger partial charge in [-0.05, 0) is 29.8 Å². The van der Waals surface area contributed by atoms with Crippen LogP contribution in [0.5, 0.6) is 0 Å². The number of hydrogen-bond donors (Lipinski definition) is 0. The number of hydrogen-bond acceptors (Lipinski definition) is 3. The van der Waals surface area contributed by atoms with Gasteiger partial charge in [-0.3, -0.25) is 14.7 Å². The van der Waals surface area contributed by atoms with Crippen LogP contribution in [0.2, 0.25) is 0 Å². The smallest absolute Gasteiger partial charge is 0.259 e. The number of rotatable bonds is 3. The van der Waals surface area contributed by atoms with E-state index in [2.05, 4.69) is 17.1 Å². The Hall–Kier alpha value is -2.14. The first kappa shape index (κ1) is 14.8. The predicted octanol–water partition coefficient (Wildman–Crippen LogP) is 3.57. The van der Waals surface area contributed by atoms with E-state index in [-0.39, 0.29) is 11.7 Å². The van der Waals surface area contributed by atoms with Gasteiger partial charge in [-0.1, -0.05) is 42.1 Å². The average molecular weight is 314 g/mol. The molecule has 2 aromatic rings. The molecule has 1 aliphatic heterocycles. The number of benzene rings is 2. The third-order valence-electron chi connectivity index (χ3n) is 3.35. The fourth-order valence-electron chi connectivity index (χ4n) is 2.21. The zero-order valence-electron chi connectivity index (χ0n) is 11.9. The van der Waals surface area contributed by atoms with E-state index in [1.807, 2.05) is 18.2 Å². The maximum atomic E-state index is 13.0. The Morgan fingerprint density at radius 2 is 1.86 bits per heavy atom. The quantitative estimate of drug-likeness (QED) is 0.867. The zero-order valence-corrected chi connectivity index (χ0v) is 12.7. The molecule has 2 aromatic carbocycles. The Balaban J connectivity index is 1.67. The van der Waals surface area contributed by atoms with Gasteiger partial charge in [-0.2, -0.15) is 0 Å². The number of amidine groups is 1. The molecule has 1 heterocycles. The molecule has 0 radical (unpaired) electrons. The number of amides is 1. The monoisotopic (exact) mass is 314 g/mol. The minimum absolute atomic E-state index is 0.128. The van der Waals surface area contributed by atoms with Crippen LogP contribution in [0, 0.1) is 5.82 Å². The molecule has 0 fully saturated rings. The second-order valence-electron chi connectivity index (χ2n) is 4.90. The van der Waals surface area contributed by atoms with Gasteiger partial charge in [0.1, 0.15) is 5.82 Å². The van der Waals surface area contributed by atoms with Gasteiger partial charge in [-0.25, -0.2) is 4.39 Å². The van der Waals surface area contributed by atoms with Crippen LogP contribution in [0.15, 0.2) is 59.6 Å². The lowest BCUT2D eigenvalue weighted by Crippen LogP contribution is -2.32. The summed E-state index contributed by atoms with van der Waals surface area (Å²) in [4.78, 5) is 18.6. The van der Waals surface area contributed by atoms with Crippen molar-refractivity contribution in [3.05, 3.63) is 71.5 Å². The highest BCUT2D eigenvalue weighted by Gasteiger charge is 2.25. The predicted molar refractivity (Wildman–Crippen MR) is 87.5 cm³/mol. The van der Waals surface area contributed by atoms with E-state index >= 15 is 0 Å². The van der Waals surface area contributed by atoms with E-state index in [1.165, 1.54) is 29.8 Å². The number of thioether (sulfide) groups is 1. The van der Waals surface area contributed by atoms with Gasteiger partial charge >= 0.3 is 0 Å². The summed E-state index contributed by atoms with van der Waals surface area (Å²) in [6.45, 7) is 1.19. The van der Waals surface area contributed by atoms with E-state index < -0.39 is 0 Å². The topological polar surface area (TPSA) is 32.7 Å². The number of carbonyl (C=O) groups is 1. The molecule has 5 heteroatoms. The first-order valence-corrected chi connectivity index (χ1v) is 8.01. The highest BCUT2D eigenvalue weighted by Crippen LogP contribution is 2.21. The molecule has 112 valence electrons. The fourth-order valence-corrected chi connectivity index (χ4v) is 3.21. The van der Waals surface area contributed by atoms with Crippen LogP contribution in [0.1, 0.15) is 15.9 Å². The number of carbonyl (C=O) groups excluding carboxylic acids is 1. The fraction of sp³-hybridized carbons (Fsp3) is 0.176. The Bertz CT molecular complexity index is 686. The molecule has 0 bridgehead atoms. The summed E-state index contributed by atoms with van der Waals surface area (Å²) >= 11 is 1.55. The first-order valence-electron chi connectivity index (χ1n) is 7.02. The van der Waals surface area contributed by atoms with Gasteiger partial charge in [0.05, 0.1) is 6.54 Å². The molecule has 0 atom stereocenters. The molecule has 0 aromatic heterocycles. The highest BCUT2D eigenvalue weighted by atomic mass is 32.2. The molecular weight excluding hydrogens is 299 g/mol. The zero-order chi connectivity index (χ0) is 15.4. The molecule has 0 saturated carbocycles. The van der Waals surface area contributed by atoms with Crippen molar-refractivity contribution in [3.8, 4) is 0 Å². The van der Waals surface area contributed by atoms with Gasteiger partial charge in [0.15, 0.2) is 5.17 Å². The van der Waals surface area contributed by atoms with Crippen molar-refractivity contribution in [2.24, 2.45) is 4.99 Å². The van der Waals surface area contributed by atoms with E-state index in [4.69, 9.17) is 0 Å². The van der Waals surface area contributed by atoms with Crippen molar-refractivity contribution in [1.29, 1.82) is 0 Å². The summed E-state index contributed by atoms with van der Waals surface area (Å²) in [5.74, 6) is 0.300. The summed E-state index contributed by atoms with van der Waals surface area (Å²) < 4.78 is 13.0. The average Bonchev–Trinajstić information content (AvgIpc) is 3.02. The molecule has 22 heavy (non-hydrogen) atoms. The summed E-state index contributed by atoms with van der Waals surface area (Å²) in [6.07, 6.45) is 0. The van der Waals surface area contributed by atoms with E-state index in [9.17, 15) is 9.18 Å². The molecule has 3 nitrogen and oxygen atoms in total. The van der Waals surface area contributed by atoms with Crippen LogP contribution in [0.25, 0.3) is 0 Å². The molecule has 0 unspecified atom stereocenters. The Labute approximate surface area is 132 Å². The summed E-state index contributed by atoms with van der Waals surface area (Å²) in [6, 6.07) is 15.7. The second-order valence-corrected chi connectivity index (χ2v) is 5.84. The highest BCUT2D eigenvalue weighted by molar-refractivity contribution is 8.13. The molecule has 0 aliphatic carbocycles. The van der Waals surface area contributed by atoms with Crippen molar-refractivity contribution in [1.82, 2.24) is 4.90 Å². The summed E-state index contributed by atoms with van der Waals surface area (Å²) in [5.41, 5.74) is 1.67. The maximum Gasteiger partial charge on any atom is 0.259 e. The van der Waals surface area contributed by atoms with Gasteiger partial charge in [-0.15, -0.1) is 0 Å². The molecule has 1 aliphatic rings. The van der Waals surface area contributed by atoms with E-state index in [0.717, 1.165) is 10.9 Å². The van der Waals surface area contributed by atoms with Gasteiger partial charge in [0.25, 0.3) is 5.91 Å². The largest absolute Gasteiger partial charge is 0.286 e. The molecule has 0 N–H and O–H groups in total. The SMILES string of the molecule is O=C(c1ccc(F)cc1)N1CCN=C1SCc1ccccc1. The van der Waals surface area contributed by atoms with Crippen molar-refractivity contribution in [2.45, 2.75) is 5.75 Å². The lowest BCUT2D eigenvalue weighted by Gasteiger charge is -2.17. The Morgan fingerprint density at radius 3 is 2.59 bits per heavy atom. The van der Waals surface area contributed by atoms with Crippen LogP contribution < -0.4 is 0 Å². The lowest BCUT2D eigenvalue weighted by molar-refractivity contribution is 0.0860. The van der Waals surface area contributed by atoms with Crippen molar-refractivity contribution in [3.63, 3.8) is 0 Å². The third-order valence-corrected chi connectivity index (χ3v) is 4.43. The second kappa shape index (κ2) is 6.75. The number of halogens is 1. The first-order chi connectivity index (χ1) is 10.7.